The Bertz CT molecular complexity index is 1180. The SMILES string of the molecule is COc1ccc(N2C[C@H](C(C)(C)C)N=C2C(C)(C)OP(c2ccccc2C)c2ccccc2C)cc1. The van der Waals surface area contributed by atoms with E-state index in [1.54, 1.807) is 7.11 Å². The van der Waals surface area contributed by atoms with E-state index in [0.717, 1.165) is 23.8 Å². The summed E-state index contributed by atoms with van der Waals surface area (Å²) in [6.07, 6.45) is 0. The third kappa shape index (κ3) is 5.51. The van der Waals surface area contributed by atoms with Crippen LogP contribution in [0, 0.1) is 19.3 Å². The van der Waals surface area contributed by atoms with E-state index in [1.165, 1.54) is 21.7 Å². The molecule has 0 radical (unpaired) electrons. The Kier molecular flexibility index (Phi) is 7.59. The first-order valence-electron chi connectivity index (χ1n) is 12.6. The van der Waals surface area contributed by atoms with Gasteiger partial charge in [0, 0.05) is 22.8 Å². The van der Waals surface area contributed by atoms with Crippen molar-refractivity contribution < 1.29 is 9.26 Å². The molecule has 4 nitrogen and oxygen atoms in total. The molecule has 3 aromatic carbocycles. The molecule has 0 aromatic heterocycles. The number of hydrogen-bond acceptors (Lipinski definition) is 4. The Morgan fingerprint density at radius 3 is 1.81 bits per heavy atom. The molecule has 190 valence electrons. The molecule has 4 rings (SSSR count). The van der Waals surface area contributed by atoms with Crippen LogP contribution in [-0.2, 0) is 4.52 Å². The molecule has 1 atom stereocenters. The number of nitrogens with zero attached hydrogens (tertiary/aromatic N) is 2. The second-order valence-electron chi connectivity index (χ2n) is 11.1. The number of aryl methyl sites for hydroxylation is 2. The molecule has 1 aliphatic heterocycles. The monoisotopic (exact) mass is 502 g/mol. The van der Waals surface area contributed by atoms with E-state index in [9.17, 15) is 0 Å². The molecule has 3 aromatic rings. The van der Waals surface area contributed by atoms with Crippen LogP contribution < -0.4 is 20.2 Å². The van der Waals surface area contributed by atoms with Crippen molar-refractivity contribution in [2.75, 3.05) is 18.6 Å². The van der Waals surface area contributed by atoms with Crippen LogP contribution >= 0.6 is 8.15 Å². The van der Waals surface area contributed by atoms with Gasteiger partial charge in [-0.05, 0) is 68.5 Å². The van der Waals surface area contributed by atoms with Crippen molar-refractivity contribution in [1.82, 2.24) is 0 Å². The molecule has 0 bridgehead atoms. The second-order valence-corrected chi connectivity index (χ2v) is 12.8. The summed E-state index contributed by atoms with van der Waals surface area (Å²) < 4.78 is 12.6. The molecule has 0 saturated carbocycles. The fourth-order valence-corrected chi connectivity index (χ4v) is 6.76. The van der Waals surface area contributed by atoms with Crippen LogP contribution in [-0.4, -0.2) is 31.1 Å². The standard InChI is InChI=1S/C31H39N2O2P/c1-22-13-9-11-15-26(22)36(27-16-12-10-14-23(27)2)35-31(6,7)29-32-28(30(3,4)5)21-33(29)24-17-19-25(34-8)20-18-24/h9-20,28H,21H2,1-8H3/t28-/m1/s1. The van der Waals surface area contributed by atoms with Crippen LogP contribution in [0.15, 0.2) is 77.8 Å². The zero-order valence-corrected chi connectivity index (χ0v) is 23.8. The van der Waals surface area contributed by atoms with Gasteiger partial charge in [0.2, 0.25) is 0 Å². The lowest BCUT2D eigenvalue weighted by molar-refractivity contribution is 0.210. The van der Waals surface area contributed by atoms with Gasteiger partial charge in [-0.2, -0.15) is 0 Å². The van der Waals surface area contributed by atoms with E-state index >= 15 is 0 Å². The molecule has 0 spiro atoms. The molecule has 36 heavy (non-hydrogen) atoms. The molecule has 1 heterocycles. The van der Waals surface area contributed by atoms with Gasteiger partial charge in [0.25, 0.3) is 0 Å². The maximum atomic E-state index is 7.18. The Hall–Kier alpha value is -2.68. The molecule has 0 unspecified atom stereocenters. The summed E-state index contributed by atoms with van der Waals surface area (Å²) in [6, 6.07) is 25.6. The highest BCUT2D eigenvalue weighted by atomic mass is 31.1. The minimum absolute atomic E-state index is 0.0410. The van der Waals surface area contributed by atoms with Crippen LogP contribution in [0.2, 0.25) is 0 Å². The van der Waals surface area contributed by atoms with Gasteiger partial charge in [-0.25, -0.2) is 0 Å². The van der Waals surface area contributed by atoms with E-state index in [2.05, 4.69) is 114 Å². The minimum Gasteiger partial charge on any atom is -0.497 e. The predicted molar refractivity (Wildman–Crippen MR) is 155 cm³/mol. The topological polar surface area (TPSA) is 34.1 Å². The van der Waals surface area contributed by atoms with Crippen LogP contribution in [0.25, 0.3) is 0 Å². The number of amidine groups is 1. The van der Waals surface area contributed by atoms with Crippen molar-refractivity contribution in [3.8, 4) is 5.75 Å². The number of ether oxygens (including phenoxy) is 1. The van der Waals surface area contributed by atoms with Crippen molar-refractivity contribution in [1.29, 1.82) is 0 Å². The summed E-state index contributed by atoms with van der Waals surface area (Å²) in [5.74, 6) is 1.82. The highest BCUT2D eigenvalue weighted by Crippen LogP contribution is 2.44. The van der Waals surface area contributed by atoms with Crippen molar-refractivity contribution in [3.63, 3.8) is 0 Å². The molecule has 0 N–H and O–H groups in total. The molecule has 0 aliphatic carbocycles. The van der Waals surface area contributed by atoms with Gasteiger partial charge >= 0.3 is 0 Å². The lowest BCUT2D eigenvalue weighted by atomic mass is 9.87. The van der Waals surface area contributed by atoms with Gasteiger partial charge in [-0.15, -0.1) is 0 Å². The third-order valence-corrected chi connectivity index (χ3v) is 9.32. The fourth-order valence-electron chi connectivity index (χ4n) is 4.54. The lowest BCUT2D eigenvalue weighted by Crippen LogP contribution is -2.45. The van der Waals surface area contributed by atoms with Gasteiger partial charge in [-0.1, -0.05) is 69.3 Å². The zero-order chi connectivity index (χ0) is 26.1. The van der Waals surface area contributed by atoms with E-state index in [4.69, 9.17) is 14.3 Å². The van der Waals surface area contributed by atoms with Crippen LogP contribution in [0.4, 0.5) is 5.69 Å². The first kappa shape index (κ1) is 26.4. The number of rotatable bonds is 7. The Morgan fingerprint density at radius 2 is 1.33 bits per heavy atom. The number of aliphatic imine (C=N–C) groups is 1. The lowest BCUT2D eigenvalue weighted by Gasteiger charge is -2.36. The first-order valence-corrected chi connectivity index (χ1v) is 13.9. The molecule has 5 heteroatoms. The average Bonchev–Trinajstić information content (AvgIpc) is 3.31. The number of benzene rings is 3. The molecule has 1 aliphatic rings. The summed E-state index contributed by atoms with van der Waals surface area (Å²) in [6.45, 7) is 16.3. The van der Waals surface area contributed by atoms with E-state index < -0.39 is 13.7 Å². The Morgan fingerprint density at radius 1 is 0.806 bits per heavy atom. The zero-order valence-electron chi connectivity index (χ0n) is 22.9. The third-order valence-electron chi connectivity index (χ3n) is 6.80. The number of hydrogen-bond donors (Lipinski definition) is 0. The van der Waals surface area contributed by atoms with Crippen molar-refractivity contribution in [2.24, 2.45) is 10.4 Å². The Balaban J connectivity index is 1.77. The Labute approximate surface area is 218 Å². The molecular formula is C31H39N2O2P. The second kappa shape index (κ2) is 10.4. The van der Waals surface area contributed by atoms with Crippen LogP contribution in [0.5, 0.6) is 5.75 Å². The molecule has 0 amide bonds. The average molecular weight is 503 g/mol. The fraction of sp³-hybridized carbons (Fsp3) is 0.387. The highest BCUT2D eigenvalue weighted by Gasteiger charge is 2.43. The van der Waals surface area contributed by atoms with Gasteiger partial charge in [0.05, 0.1) is 21.3 Å². The summed E-state index contributed by atoms with van der Waals surface area (Å²) in [5, 5.41) is 2.49. The minimum atomic E-state index is -1.06. The summed E-state index contributed by atoms with van der Waals surface area (Å²) in [5.41, 5.74) is 3.02. The maximum absolute atomic E-state index is 7.18. The number of methoxy groups -OCH3 is 1. The van der Waals surface area contributed by atoms with Gasteiger partial charge in [-0.3, -0.25) is 4.99 Å². The van der Waals surface area contributed by atoms with Crippen LogP contribution in [0.3, 0.4) is 0 Å². The van der Waals surface area contributed by atoms with Crippen molar-refractivity contribution in [2.45, 2.75) is 60.1 Å². The molecule has 0 fully saturated rings. The van der Waals surface area contributed by atoms with Crippen molar-refractivity contribution >= 4 is 30.3 Å². The van der Waals surface area contributed by atoms with Gasteiger partial charge < -0.3 is 14.2 Å². The van der Waals surface area contributed by atoms with E-state index in [1.807, 2.05) is 12.1 Å². The summed E-state index contributed by atoms with van der Waals surface area (Å²) >= 11 is 0. The summed E-state index contributed by atoms with van der Waals surface area (Å²) in [4.78, 5) is 7.65. The molecular weight excluding hydrogens is 463 g/mol. The van der Waals surface area contributed by atoms with Gasteiger partial charge in [0.15, 0.2) is 0 Å². The van der Waals surface area contributed by atoms with Crippen LogP contribution in [0.1, 0.15) is 45.7 Å². The quantitative estimate of drug-likeness (QED) is 0.334. The maximum Gasteiger partial charge on any atom is 0.136 e. The van der Waals surface area contributed by atoms with Crippen molar-refractivity contribution in [3.05, 3.63) is 83.9 Å². The molecule has 0 saturated heterocycles. The normalized spacial score (nSPS) is 16.4. The first-order chi connectivity index (χ1) is 17.0. The predicted octanol–water partition coefficient (Wildman–Crippen LogP) is 6.79. The van der Waals surface area contributed by atoms with Gasteiger partial charge in [0.1, 0.15) is 17.2 Å². The summed E-state index contributed by atoms with van der Waals surface area (Å²) in [7, 11) is 0.636. The van der Waals surface area contributed by atoms with E-state index in [-0.39, 0.29) is 11.5 Å². The smallest absolute Gasteiger partial charge is 0.136 e. The van der Waals surface area contributed by atoms with E-state index in [0.29, 0.717) is 0 Å². The highest BCUT2D eigenvalue weighted by molar-refractivity contribution is 7.68. The number of anilines is 1. The largest absolute Gasteiger partial charge is 0.497 e.